The maximum absolute atomic E-state index is 12.4. The lowest BCUT2D eigenvalue weighted by atomic mass is 9.95. The molecule has 0 bridgehead atoms. The Bertz CT molecular complexity index is 902. The third-order valence-corrected chi connectivity index (χ3v) is 4.56. The fraction of sp³-hybridized carbons (Fsp3) is 0.261. The number of methoxy groups -OCH3 is 1. The summed E-state index contributed by atoms with van der Waals surface area (Å²) in [5, 5.41) is 5.37. The molecule has 140 valence electrons. The lowest BCUT2D eigenvalue weighted by Crippen LogP contribution is -2.33. The number of ether oxygens (including phenoxy) is 2. The molecule has 1 atom stereocenters. The van der Waals surface area contributed by atoms with Crippen LogP contribution in [0, 0.1) is 5.92 Å². The molecular formula is C23H25NO3. The summed E-state index contributed by atoms with van der Waals surface area (Å²) in [6.07, 6.45) is 0.712. The van der Waals surface area contributed by atoms with Crippen LogP contribution in [0.15, 0.2) is 66.7 Å². The summed E-state index contributed by atoms with van der Waals surface area (Å²) in [6, 6.07) is 21.9. The smallest absolute Gasteiger partial charge is 0.223 e. The zero-order valence-electron chi connectivity index (χ0n) is 15.8. The van der Waals surface area contributed by atoms with Crippen LogP contribution in [0.25, 0.3) is 10.8 Å². The van der Waals surface area contributed by atoms with Gasteiger partial charge in [-0.2, -0.15) is 0 Å². The van der Waals surface area contributed by atoms with Crippen LogP contribution < -0.4 is 14.8 Å². The minimum Gasteiger partial charge on any atom is -0.497 e. The third kappa shape index (κ3) is 5.00. The van der Waals surface area contributed by atoms with Gasteiger partial charge in [0.2, 0.25) is 5.91 Å². The zero-order valence-corrected chi connectivity index (χ0v) is 15.8. The van der Waals surface area contributed by atoms with Crippen LogP contribution in [0.2, 0.25) is 0 Å². The molecule has 1 unspecified atom stereocenters. The van der Waals surface area contributed by atoms with E-state index in [0.29, 0.717) is 19.6 Å². The number of hydrogen-bond donors (Lipinski definition) is 1. The summed E-state index contributed by atoms with van der Waals surface area (Å²) in [5.41, 5.74) is 1.20. The van der Waals surface area contributed by atoms with Crippen molar-refractivity contribution in [2.75, 3.05) is 20.3 Å². The number of rotatable bonds is 8. The van der Waals surface area contributed by atoms with E-state index in [-0.39, 0.29) is 11.8 Å². The van der Waals surface area contributed by atoms with Gasteiger partial charge in [0.05, 0.1) is 13.7 Å². The van der Waals surface area contributed by atoms with Crippen LogP contribution in [-0.2, 0) is 11.2 Å². The summed E-state index contributed by atoms with van der Waals surface area (Å²) in [7, 11) is 1.62. The SMILES string of the molecule is COc1cccc(OCCNC(=O)C(C)Cc2cccc3ccccc23)c1. The van der Waals surface area contributed by atoms with Crippen LogP contribution in [0.5, 0.6) is 11.5 Å². The average molecular weight is 363 g/mol. The van der Waals surface area contributed by atoms with Crippen LogP contribution in [0.1, 0.15) is 12.5 Å². The fourth-order valence-electron chi connectivity index (χ4n) is 3.10. The quantitative estimate of drug-likeness (QED) is 0.610. The van der Waals surface area contributed by atoms with Crippen molar-refractivity contribution in [1.82, 2.24) is 5.32 Å². The maximum atomic E-state index is 12.4. The molecule has 3 rings (SSSR count). The van der Waals surface area contributed by atoms with E-state index in [1.54, 1.807) is 7.11 Å². The van der Waals surface area contributed by atoms with E-state index in [2.05, 4.69) is 29.6 Å². The Hall–Kier alpha value is -3.01. The molecule has 27 heavy (non-hydrogen) atoms. The van der Waals surface area contributed by atoms with Crippen molar-refractivity contribution >= 4 is 16.7 Å². The maximum Gasteiger partial charge on any atom is 0.223 e. The normalized spacial score (nSPS) is 11.8. The molecule has 0 saturated heterocycles. The number of hydrogen-bond acceptors (Lipinski definition) is 3. The van der Waals surface area contributed by atoms with Gasteiger partial charge in [0.25, 0.3) is 0 Å². The van der Waals surface area contributed by atoms with Gasteiger partial charge in [-0.25, -0.2) is 0 Å². The van der Waals surface area contributed by atoms with Crippen molar-refractivity contribution < 1.29 is 14.3 Å². The standard InChI is InChI=1S/C23H25NO3/c1-17(15-19-9-5-8-18-7-3-4-12-22(18)19)23(25)24-13-14-27-21-11-6-10-20(16-21)26-2/h3-12,16-17H,13-15H2,1-2H3,(H,24,25). The molecule has 0 aliphatic carbocycles. The second kappa shape index (κ2) is 9.08. The minimum atomic E-state index is -0.104. The van der Waals surface area contributed by atoms with E-state index in [9.17, 15) is 4.79 Å². The number of amides is 1. The van der Waals surface area contributed by atoms with E-state index < -0.39 is 0 Å². The predicted octanol–water partition coefficient (Wildman–Crippen LogP) is 4.22. The summed E-state index contributed by atoms with van der Waals surface area (Å²) in [4.78, 5) is 12.4. The summed E-state index contributed by atoms with van der Waals surface area (Å²) in [6.45, 7) is 2.84. The first-order chi connectivity index (χ1) is 13.2. The molecule has 0 saturated carbocycles. The van der Waals surface area contributed by atoms with Crippen LogP contribution in [-0.4, -0.2) is 26.2 Å². The van der Waals surface area contributed by atoms with Gasteiger partial charge in [0.1, 0.15) is 18.1 Å². The molecule has 3 aromatic carbocycles. The largest absolute Gasteiger partial charge is 0.497 e. The van der Waals surface area contributed by atoms with E-state index >= 15 is 0 Å². The average Bonchev–Trinajstić information content (AvgIpc) is 2.71. The van der Waals surface area contributed by atoms with Gasteiger partial charge < -0.3 is 14.8 Å². The van der Waals surface area contributed by atoms with Gasteiger partial charge in [-0.15, -0.1) is 0 Å². The van der Waals surface area contributed by atoms with E-state index in [1.165, 1.54) is 16.3 Å². The Labute approximate surface area is 160 Å². The van der Waals surface area contributed by atoms with E-state index in [0.717, 1.165) is 11.5 Å². The second-order valence-electron chi connectivity index (χ2n) is 6.56. The van der Waals surface area contributed by atoms with Crippen LogP contribution in [0.3, 0.4) is 0 Å². The highest BCUT2D eigenvalue weighted by Crippen LogP contribution is 2.21. The van der Waals surface area contributed by atoms with Gasteiger partial charge in [-0.3, -0.25) is 4.79 Å². The lowest BCUT2D eigenvalue weighted by Gasteiger charge is -2.14. The Morgan fingerprint density at radius 2 is 1.74 bits per heavy atom. The molecule has 1 amide bonds. The zero-order chi connectivity index (χ0) is 19.1. The monoisotopic (exact) mass is 363 g/mol. The number of carbonyl (C=O) groups is 1. The van der Waals surface area contributed by atoms with Gasteiger partial charge in [0, 0.05) is 12.0 Å². The predicted molar refractivity (Wildman–Crippen MR) is 108 cm³/mol. The molecule has 0 heterocycles. The van der Waals surface area contributed by atoms with E-state index in [1.807, 2.05) is 49.4 Å². The van der Waals surface area contributed by atoms with Crippen molar-refractivity contribution in [3.8, 4) is 11.5 Å². The first kappa shape index (κ1) is 18.8. The van der Waals surface area contributed by atoms with Gasteiger partial charge in [0.15, 0.2) is 0 Å². The lowest BCUT2D eigenvalue weighted by molar-refractivity contribution is -0.124. The summed E-state index contributed by atoms with van der Waals surface area (Å²) < 4.78 is 10.8. The molecule has 0 spiro atoms. The van der Waals surface area contributed by atoms with Crippen molar-refractivity contribution in [3.05, 3.63) is 72.3 Å². The minimum absolute atomic E-state index is 0.0391. The highest BCUT2D eigenvalue weighted by atomic mass is 16.5. The molecule has 1 N–H and O–H groups in total. The van der Waals surface area contributed by atoms with Gasteiger partial charge in [-0.05, 0) is 34.9 Å². The molecule has 4 heteroatoms. The molecule has 3 aromatic rings. The highest BCUT2D eigenvalue weighted by Gasteiger charge is 2.14. The molecule has 0 radical (unpaired) electrons. The van der Waals surface area contributed by atoms with Crippen molar-refractivity contribution in [2.45, 2.75) is 13.3 Å². The molecule has 0 fully saturated rings. The number of fused-ring (bicyclic) bond motifs is 1. The fourth-order valence-corrected chi connectivity index (χ4v) is 3.10. The van der Waals surface area contributed by atoms with Gasteiger partial charge in [-0.1, -0.05) is 55.5 Å². The van der Waals surface area contributed by atoms with Gasteiger partial charge >= 0.3 is 0 Å². The summed E-state index contributed by atoms with van der Waals surface area (Å²) in [5.74, 6) is 1.41. The summed E-state index contributed by atoms with van der Waals surface area (Å²) >= 11 is 0. The Morgan fingerprint density at radius 1 is 1.00 bits per heavy atom. The Balaban J connectivity index is 1.49. The number of benzene rings is 3. The van der Waals surface area contributed by atoms with E-state index in [4.69, 9.17) is 9.47 Å². The second-order valence-corrected chi connectivity index (χ2v) is 6.56. The topological polar surface area (TPSA) is 47.6 Å². The van der Waals surface area contributed by atoms with Crippen molar-refractivity contribution in [2.24, 2.45) is 5.92 Å². The molecule has 0 aromatic heterocycles. The Kier molecular flexibility index (Phi) is 6.31. The van der Waals surface area contributed by atoms with Crippen LogP contribution in [0.4, 0.5) is 0 Å². The van der Waals surface area contributed by atoms with Crippen molar-refractivity contribution in [1.29, 1.82) is 0 Å². The Morgan fingerprint density at radius 3 is 2.59 bits per heavy atom. The number of carbonyl (C=O) groups excluding carboxylic acids is 1. The molecule has 0 aliphatic heterocycles. The first-order valence-corrected chi connectivity index (χ1v) is 9.18. The van der Waals surface area contributed by atoms with Crippen molar-refractivity contribution in [3.63, 3.8) is 0 Å². The third-order valence-electron chi connectivity index (χ3n) is 4.56. The molecule has 4 nitrogen and oxygen atoms in total. The number of nitrogens with one attached hydrogen (secondary N) is 1. The van der Waals surface area contributed by atoms with Crippen LogP contribution >= 0.6 is 0 Å². The highest BCUT2D eigenvalue weighted by molar-refractivity contribution is 5.86. The first-order valence-electron chi connectivity index (χ1n) is 9.18. The molecular weight excluding hydrogens is 338 g/mol. The molecule has 0 aliphatic rings.